The van der Waals surface area contributed by atoms with Gasteiger partial charge in [-0.05, 0) is 12.1 Å². The lowest BCUT2D eigenvalue weighted by Gasteiger charge is -2.19. The SMILES string of the molecule is CCN(CCC#N)S(=O)(=O)c1cc(Br)ccc1[N+](=O)[O-]. The average Bonchev–Trinajstić information content (AvgIpc) is 2.38. The minimum absolute atomic E-state index is 0.000991. The van der Waals surface area contributed by atoms with E-state index in [1.807, 2.05) is 6.07 Å². The number of nitro groups is 1. The number of nitrogens with zero attached hydrogens (tertiary/aromatic N) is 3. The van der Waals surface area contributed by atoms with Gasteiger partial charge in [0, 0.05) is 30.0 Å². The predicted octanol–water partition coefficient (Wildman–Crippen LogP) is 2.28. The van der Waals surface area contributed by atoms with E-state index in [-0.39, 0.29) is 24.4 Å². The summed E-state index contributed by atoms with van der Waals surface area (Å²) in [5.41, 5.74) is -0.483. The Morgan fingerprint density at radius 2 is 2.15 bits per heavy atom. The molecule has 0 N–H and O–H groups in total. The van der Waals surface area contributed by atoms with Gasteiger partial charge in [-0.3, -0.25) is 10.1 Å². The fourth-order valence-electron chi connectivity index (χ4n) is 1.61. The van der Waals surface area contributed by atoms with Crippen molar-refractivity contribution >= 4 is 31.6 Å². The van der Waals surface area contributed by atoms with E-state index in [4.69, 9.17) is 5.26 Å². The molecule has 20 heavy (non-hydrogen) atoms. The smallest absolute Gasteiger partial charge is 0.258 e. The second-order valence-corrected chi connectivity index (χ2v) is 6.60. The van der Waals surface area contributed by atoms with E-state index in [9.17, 15) is 18.5 Å². The predicted molar refractivity (Wildman–Crippen MR) is 75.5 cm³/mol. The number of nitriles is 1. The van der Waals surface area contributed by atoms with Crippen molar-refractivity contribution in [2.75, 3.05) is 13.1 Å². The summed E-state index contributed by atoms with van der Waals surface area (Å²) in [5.74, 6) is 0. The van der Waals surface area contributed by atoms with Gasteiger partial charge in [-0.1, -0.05) is 22.9 Å². The zero-order valence-electron chi connectivity index (χ0n) is 10.6. The van der Waals surface area contributed by atoms with Gasteiger partial charge in [-0.15, -0.1) is 0 Å². The number of rotatable bonds is 6. The van der Waals surface area contributed by atoms with Crippen LogP contribution in [0.4, 0.5) is 5.69 Å². The van der Waals surface area contributed by atoms with Crippen molar-refractivity contribution in [3.8, 4) is 6.07 Å². The monoisotopic (exact) mass is 361 g/mol. The zero-order valence-corrected chi connectivity index (χ0v) is 13.0. The molecule has 1 rings (SSSR count). The third-order valence-electron chi connectivity index (χ3n) is 2.56. The molecule has 0 saturated carbocycles. The Bertz CT molecular complexity index is 654. The summed E-state index contributed by atoms with van der Waals surface area (Å²) in [6.45, 7) is 1.74. The summed E-state index contributed by atoms with van der Waals surface area (Å²) in [4.78, 5) is 9.84. The van der Waals surface area contributed by atoms with Gasteiger partial charge < -0.3 is 0 Å². The molecule has 7 nitrogen and oxygen atoms in total. The third-order valence-corrected chi connectivity index (χ3v) is 5.06. The van der Waals surface area contributed by atoms with E-state index in [1.54, 1.807) is 6.92 Å². The van der Waals surface area contributed by atoms with Crippen LogP contribution in [-0.2, 0) is 10.0 Å². The van der Waals surface area contributed by atoms with Gasteiger partial charge >= 0.3 is 0 Å². The Morgan fingerprint density at radius 3 is 2.65 bits per heavy atom. The number of hydrogen-bond donors (Lipinski definition) is 0. The Hall–Kier alpha value is -1.50. The first-order valence-electron chi connectivity index (χ1n) is 5.65. The summed E-state index contributed by atoms with van der Waals surface area (Å²) in [7, 11) is -4.01. The molecule has 0 fully saturated rings. The molecule has 0 aliphatic heterocycles. The quantitative estimate of drug-likeness (QED) is 0.570. The summed E-state index contributed by atoms with van der Waals surface area (Å²) in [5, 5.41) is 19.5. The van der Waals surface area contributed by atoms with Crippen molar-refractivity contribution < 1.29 is 13.3 Å². The number of halogens is 1. The summed E-state index contributed by atoms with van der Waals surface area (Å²) in [6, 6.07) is 5.59. The average molecular weight is 362 g/mol. The molecule has 0 unspecified atom stereocenters. The van der Waals surface area contributed by atoms with Crippen molar-refractivity contribution in [2.45, 2.75) is 18.2 Å². The topological polar surface area (TPSA) is 104 Å². The molecule has 1 aromatic carbocycles. The standard InChI is InChI=1S/C11H12BrN3O4S/c1-2-14(7-3-6-13)20(18,19)11-8-9(12)4-5-10(11)15(16)17/h4-5,8H,2-3,7H2,1H3. The molecule has 0 aliphatic carbocycles. The molecule has 108 valence electrons. The van der Waals surface area contributed by atoms with Crippen LogP contribution in [0.15, 0.2) is 27.6 Å². The van der Waals surface area contributed by atoms with E-state index in [2.05, 4.69) is 15.9 Å². The Morgan fingerprint density at radius 1 is 1.50 bits per heavy atom. The van der Waals surface area contributed by atoms with Gasteiger partial charge in [0.1, 0.15) is 0 Å². The molecule has 0 aromatic heterocycles. The van der Waals surface area contributed by atoms with Crippen LogP contribution in [0.1, 0.15) is 13.3 Å². The third kappa shape index (κ3) is 3.53. The van der Waals surface area contributed by atoms with Crippen LogP contribution in [0.2, 0.25) is 0 Å². The fraction of sp³-hybridized carbons (Fsp3) is 0.364. The molecule has 0 heterocycles. The number of nitro benzene ring substituents is 1. The van der Waals surface area contributed by atoms with Gasteiger partial charge in [0.25, 0.3) is 5.69 Å². The van der Waals surface area contributed by atoms with Crippen molar-refractivity contribution in [1.82, 2.24) is 4.31 Å². The van der Waals surface area contributed by atoms with Crippen LogP contribution < -0.4 is 0 Å². The molecule has 0 radical (unpaired) electrons. The second-order valence-electron chi connectivity index (χ2n) is 3.77. The lowest BCUT2D eigenvalue weighted by atomic mass is 10.3. The Balaban J connectivity index is 3.37. The first-order chi connectivity index (χ1) is 9.34. The van der Waals surface area contributed by atoms with E-state index in [1.165, 1.54) is 12.1 Å². The molecule has 0 bridgehead atoms. The van der Waals surface area contributed by atoms with Crippen LogP contribution in [0.3, 0.4) is 0 Å². The largest absolute Gasteiger partial charge is 0.289 e. The van der Waals surface area contributed by atoms with Gasteiger partial charge in [-0.25, -0.2) is 8.42 Å². The van der Waals surface area contributed by atoms with E-state index >= 15 is 0 Å². The number of sulfonamides is 1. The molecule has 0 atom stereocenters. The van der Waals surface area contributed by atoms with Crippen molar-refractivity contribution in [1.29, 1.82) is 5.26 Å². The molecule has 0 amide bonds. The van der Waals surface area contributed by atoms with Gasteiger partial charge in [-0.2, -0.15) is 9.57 Å². The number of benzene rings is 1. The zero-order chi connectivity index (χ0) is 15.3. The molecule has 0 spiro atoms. The molecule has 9 heteroatoms. The normalized spacial score (nSPS) is 11.3. The van der Waals surface area contributed by atoms with E-state index < -0.39 is 20.6 Å². The lowest BCUT2D eigenvalue weighted by Crippen LogP contribution is -2.32. The van der Waals surface area contributed by atoms with E-state index in [0.717, 1.165) is 10.4 Å². The van der Waals surface area contributed by atoms with Gasteiger partial charge in [0.05, 0.1) is 11.0 Å². The first-order valence-corrected chi connectivity index (χ1v) is 7.89. The first kappa shape index (κ1) is 16.6. The summed E-state index contributed by atoms with van der Waals surface area (Å²) < 4.78 is 26.4. The van der Waals surface area contributed by atoms with Crippen molar-refractivity contribution in [3.05, 3.63) is 32.8 Å². The number of hydrogen-bond acceptors (Lipinski definition) is 5. The molecule has 1 aromatic rings. The van der Waals surface area contributed by atoms with Crippen LogP contribution in [-0.4, -0.2) is 30.7 Å². The molecule has 0 saturated heterocycles. The highest BCUT2D eigenvalue weighted by Gasteiger charge is 2.30. The Kier molecular flexibility index (Phi) is 5.62. The minimum atomic E-state index is -4.01. The highest BCUT2D eigenvalue weighted by atomic mass is 79.9. The molecular formula is C11H12BrN3O4S. The summed E-state index contributed by atoms with van der Waals surface area (Å²) >= 11 is 3.10. The Labute approximate surface area is 125 Å². The van der Waals surface area contributed by atoms with Crippen molar-refractivity contribution in [2.24, 2.45) is 0 Å². The van der Waals surface area contributed by atoms with Gasteiger partial charge in [0.2, 0.25) is 10.0 Å². The maximum absolute atomic E-state index is 12.4. The molecule has 0 aliphatic rings. The minimum Gasteiger partial charge on any atom is -0.258 e. The van der Waals surface area contributed by atoms with E-state index in [0.29, 0.717) is 4.47 Å². The summed E-state index contributed by atoms with van der Waals surface area (Å²) in [6.07, 6.45) is 0.0227. The van der Waals surface area contributed by atoms with Crippen LogP contribution >= 0.6 is 15.9 Å². The van der Waals surface area contributed by atoms with Crippen molar-refractivity contribution in [3.63, 3.8) is 0 Å². The maximum Gasteiger partial charge on any atom is 0.289 e. The highest BCUT2D eigenvalue weighted by molar-refractivity contribution is 9.10. The van der Waals surface area contributed by atoms with Crippen LogP contribution in [0.25, 0.3) is 0 Å². The molecular weight excluding hydrogens is 350 g/mol. The van der Waals surface area contributed by atoms with Crippen LogP contribution in [0.5, 0.6) is 0 Å². The maximum atomic E-state index is 12.4. The lowest BCUT2D eigenvalue weighted by molar-refractivity contribution is -0.387. The van der Waals surface area contributed by atoms with Gasteiger partial charge in [0.15, 0.2) is 4.90 Å². The highest BCUT2D eigenvalue weighted by Crippen LogP contribution is 2.29. The van der Waals surface area contributed by atoms with Crippen LogP contribution in [0, 0.1) is 21.4 Å². The fourth-order valence-corrected chi connectivity index (χ4v) is 3.75. The second kappa shape index (κ2) is 6.78.